The summed E-state index contributed by atoms with van der Waals surface area (Å²) in [6, 6.07) is 4.76. The van der Waals surface area contributed by atoms with Crippen LogP contribution < -0.4 is 5.32 Å². The van der Waals surface area contributed by atoms with E-state index in [0.29, 0.717) is 0 Å². The Morgan fingerprint density at radius 2 is 2.11 bits per heavy atom. The van der Waals surface area contributed by atoms with Crippen molar-refractivity contribution in [2.24, 2.45) is 0 Å². The fourth-order valence-corrected chi connectivity index (χ4v) is 3.13. The van der Waals surface area contributed by atoms with Crippen LogP contribution in [-0.2, 0) is 12.0 Å². The van der Waals surface area contributed by atoms with E-state index in [-0.39, 0.29) is 11.2 Å². The maximum Gasteiger partial charge on any atom is 0.124 e. The van der Waals surface area contributed by atoms with E-state index in [1.807, 2.05) is 6.20 Å². The molecule has 2 nitrogen and oxygen atoms in total. The van der Waals surface area contributed by atoms with Crippen molar-refractivity contribution in [2.45, 2.75) is 32.7 Å². The Balaban J connectivity index is 2.04. The van der Waals surface area contributed by atoms with Crippen LogP contribution in [0.1, 0.15) is 30.7 Å². The molecule has 0 radical (unpaired) electrons. The zero-order chi connectivity index (χ0) is 14.0. The zero-order valence-corrected chi connectivity index (χ0v) is 14.1. The number of aromatic nitrogens is 1. The van der Waals surface area contributed by atoms with E-state index < -0.39 is 0 Å². The number of nitrogens with one attached hydrogen (secondary N) is 1. The lowest BCUT2D eigenvalue weighted by Gasteiger charge is -2.13. The van der Waals surface area contributed by atoms with Crippen LogP contribution in [-0.4, -0.2) is 4.98 Å². The Kier molecular flexibility index (Phi) is 4.45. The van der Waals surface area contributed by atoms with Crippen molar-refractivity contribution >= 4 is 39.6 Å². The van der Waals surface area contributed by atoms with Crippen LogP contribution in [0.4, 0.5) is 10.1 Å². The van der Waals surface area contributed by atoms with Crippen LogP contribution in [0.15, 0.2) is 24.4 Å². The van der Waals surface area contributed by atoms with Gasteiger partial charge < -0.3 is 5.32 Å². The van der Waals surface area contributed by atoms with Gasteiger partial charge in [0.05, 0.1) is 11.6 Å². The molecule has 0 aliphatic heterocycles. The fraction of sp³-hybridized carbons (Fsp3) is 0.357. The summed E-state index contributed by atoms with van der Waals surface area (Å²) in [5.41, 5.74) is 1.04. The van der Waals surface area contributed by atoms with Gasteiger partial charge in [-0.3, -0.25) is 0 Å². The van der Waals surface area contributed by atoms with Crippen molar-refractivity contribution in [3.8, 4) is 0 Å². The summed E-state index contributed by atoms with van der Waals surface area (Å²) < 4.78 is 13.9. The Labute approximate surface area is 130 Å². The number of nitrogens with zero attached hydrogens (tertiary/aromatic N) is 1. The van der Waals surface area contributed by atoms with Gasteiger partial charge in [-0.15, -0.1) is 11.3 Å². The molecule has 1 aromatic carbocycles. The summed E-state index contributed by atoms with van der Waals surface area (Å²) in [4.78, 5) is 5.64. The molecule has 1 N–H and O–H groups in total. The van der Waals surface area contributed by atoms with E-state index in [1.165, 1.54) is 17.0 Å². The predicted molar refractivity (Wildman–Crippen MR) is 87.3 cm³/mol. The topological polar surface area (TPSA) is 24.9 Å². The van der Waals surface area contributed by atoms with Crippen LogP contribution in [0.2, 0.25) is 0 Å². The summed E-state index contributed by atoms with van der Waals surface area (Å²) in [6.45, 7) is 7.19. The lowest BCUT2D eigenvalue weighted by Crippen LogP contribution is -2.09. The molecule has 102 valence electrons. The van der Waals surface area contributed by atoms with E-state index in [1.54, 1.807) is 17.4 Å². The van der Waals surface area contributed by atoms with Crippen molar-refractivity contribution in [3.63, 3.8) is 0 Å². The molecule has 2 rings (SSSR count). The lowest BCUT2D eigenvalue weighted by molar-refractivity contribution is 0.585. The third-order valence-electron chi connectivity index (χ3n) is 2.58. The van der Waals surface area contributed by atoms with Gasteiger partial charge in [-0.1, -0.05) is 20.8 Å². The first-order valence-electron chi connectivity index (χ1n) is 6.00. The summed E-state index contributed by atoms with van der Waals surface area (Å²) in [7, 11) is 0. The quantitative estimate of drug-likeness (QED) is 0.762. The zero-order valence-electron chi connectivity index (χ0n) is 11.1. The SMILES string of the molecule is CC(C)(C)c1ncc(CNc2ccc(F)cc2I)s1. The minimum atomic E-state index is -0.206. The van der Waals surface area contributed by atoms with Crippen molar-refractivity contribution in [2.75, 3.05) is 5.32 Å². The fourth-order valence-electron chi connectivity index (χ4n) is 1.55. The van der Waals surface area contributed by atoms with Gasteiger partial charge in [0.1, 0.15) is 5.82 Å². The van der Waals surface area contributed by atoms with Gasteiger partial charge in [0.2, 0.25) is 0 Å². The Hall–Kier alpha value is -0.690. The van der Waals surface area contributed by atoms with Crippen LogP contribution >= 0.6 is 33.9 Å². The van der Waals surface area contributed by atoms with E-state index in [9.17, 15) is 4.39 Å². The van der Waals surface area contributed by atoms with Gasteiger partial charge in [0.25, 0.3) is 0 Å². The second-order valence-corrected chi connectivity index (χ2v) is 7.64. The number of anilines is 1. The van der Waals surface area contributed by atoms with E-state index in [2.05, 4.69) is 53.7 Å². The lowest BCUT2D eigenvalue weighted by atomic mass is 9.98. The first kappa shape index (κ1) is 14.7. The van der Waals surface area contributed by atoms with Crippen LogP contribution in [0, 0.1) is 9.39 Å². The largest absolute Gasteiger partial charge is 0.379 e. The van der Waals surface area contributed by atoms with Gasteiger partial charge in [0.15, 0.2) is 0 Å². The second-order valence-electron chi connectivity index (χ2n) is 5.36. The van der Waals surface area contributed by atoms with Gasteiger partial charge in [0, 0.05) is 25.7 Å². The van der Waals surface area contributed by atoms with Gasteiger partial charge in [-0.25, -0.2) is 9.37 Å². The molecule has 1 heterocycles. The van der Waals surface area contributed by atoms with Gasteiger partial charge in [-0.2, -0.15) is 0 Å². The van der Waals surface area contributed by atoms with Gasteiger partial charge in [-0.05, 0) is 40.8 Å². The molecule has 0 amide bonds. The molecule has 0 spiro atoms. The Morgan fingerprint density at radius 3 is 2.68 bits per heavy atom. The maximum absolute atomic E-state index is 13.0. The Bertz CT molecular complexity index is 575. The molecule has 0 saturated heterocycles. The first-order valence-corrected chi connectivity index (χ1v) is 7.90. The first-order chi connectivity index (χ1) is 8.86. The number of hydrogen-bond donors (Lipinski definition) is 1. The molecule has 0 saturated carbocycles. The molecular weight excluding hydrogens is 374 g/mol. The second kappa shape index (κ2) is 5.75. The third kappa shape index (κ3) is 3.89. The molecule has 0 bridgehead atoms. The van der Waals surface area contributed by atoms with Crippen LogP contribution in [0.25, 0.3) is 0 Å². The highest BCUT2D eigenvalue weighted by molar-refractivity contribution is 14.1. The summed E-state index contributed by atoms with van der Waals surface area (Å²) in [5.74, 6) is -0.206. The molecule has 0 unspecified atom stereocenters. The van der Waals surface area contributed by atoms with E-state index in [4.69, 9.17) is 0 Å². The average molecular weight is 390 g/mol. The Morgan fingerprint density at radius 1 is 1.37 bits per heavy atom. The molecular formula is C14H16FIN2S. The smallest absolute Gasteiger partial charge is 0.124 e. The number of halogens is 2. The summed E-state index contributed by atoms with van der Waals surface area (Å²) in [6.07, 6.45) is 1.91. The molecule has 5 heteroatoms. The van der Waals surface area contributed by atoms with Crippen molar-refractivity contribution in [3.05, 3.63) is 43.7 Å². The average Bonchev–Trinajstić information content (AvgIpc) is 2.76. The van der Waals surface area contributed by atoms with Crippen molar-refractivity contribution in [1.29, 1.82) is 0 Å². The monoisotopic (exact) mass is 390 g/mol. The van der Waals surface area contributed by atoms with Crippen molar-refractivity contribution < 1.29 is 4.39 Å². The van der Waals surface area contributed by atoms with E-state index >= 15 is 0 Å². The third-order valence-corrected chi connectivity index (χ3v) is 4.89. The van der Waals surface area contributed by atoms with Crippen LogP contribution in [0.3, 0.4) is 0 Å². The highest BCUT2D eigenvalue weighted by atomic mass is 127. The molecule has 0 fully saturated rings. The molecule has 19 heavy (non-hydrogen) atoms. The molecule has 1 aromatic heterocycles. The molecule has 2 aromatic rings. The normalized spacial score (nSPS) is 11.6. The minimum absolute atomic E-state index is 0.0905. The predicted octanol–water partition coefficient (Wildman–Crippen LogP) is 4.80. The number of hydrogen-bond acceptors (Lipinski definition) is 3. The highest BCUT2D eigenvalue weighted by Gasteiger charge is 2.17. The summed E-state index contributed by atoms with van der Waals surface area (Å²) in [5, 5.41) is 4.45. The maximum atomic E-state index is 13.0. The summed E-state index contributed by atoms with van der Waals surface area (Å²) >= 11 is 3.85. The number of thiazole rings is 1. The van der Waals surface area contributed by atoms with Crippen LogP contribution in [0.5, 0.6) is 0 Å². The minimum Gasteiger partial charge on any atom is -0.379 e. The number of rotatable bonds is 3. The number of benzene rings is 1. The van der Waals surface area contributed by atoms with Gasteiger partial charge >= 0.3 is 0 Å². The molecule has 0 aliphatic rings. The van der Waals surface area contributed by atoms with E-state index in [0.717, 1.165) is 20.8 Å². The van der Waals surface area contributed by atoms with Crippen molar-refractivity contribution in [1.82, 2.24) is 4.98 Å². The standard InChI is InChI=1S/C14H16FIN2S/c1-14(2,3)13-18-8-10(19-13)7-17-12-5-4-9(15)6-11(12)16/h4-6,8,17H,7H2,1-3H3. The molecule has 0 atom stereocenters. The highest BCUT2D eigenvalue weighted by Crippen LogP contribution is 2.27. The molecule has 0 aliphatic carbocycles.